The van der Waals surface area contributed by atoms with Crippen LogP contribution in [0, 0.1) is 11.7 Å². The summed E-state index contributed by atoms with van der Waals surface area (Å²) in [6.45, 7) is 0.172. The van der Waals surface area contributed by atoms with Crippen molar-refractivity contribution in [3.63, 3.8) is 0 Å². The second-order valence-electron chi connectivity index (χ2n) is 8.03. The SMILES string of the molecule is N[C@H]1CSc2cc(F)c(C(=O)CC3CC(F)(F)C3)cc2N(Cc2ccc(Cl)cc2)C1=O. The molecule has 4 rings (SSSR count). The number of ketones is 1. The second kappa shape index (κ2) is 8.48. The van der Waals surface area contributed by atoms with Crippen molar-refractivity contribution in [3.05, 3.63) is 58.4 Å². The molecule has 1 aliphatic heterocycles. The number of carbonyl (C=O) groups is 2. The van der Waals surface area contributed by atoms with Gasteiger partial charge < -0.3 is 10.6 Å². The Morgan fingerprint density at radius 1 is 1.23 bits per heavy atom. The van der Waals surface area contributed by atoms with Gasteiger partial charge in [-0.25, -0.2) is 13.2 Å². The average Bonchev–Trinajstić information content (AvgIpc) is 2.79. The molecule has 0 bridgehead atoms. The molecule has 0 aromatic heterocycles. The number of alkyl halides is 2. The molecular formula is C22H20ClF3N2O2S. The summed E-state index contributed by atoms with van der Waals surface area (Å²) in [5.41, 5.74) is 7.00. The summed E-state index contributed by atoms with van der Waals surface area (Å²) in [4.78, 5) is 27.6. The molecule has 2 aliphatic rings. The van der Waals surface area contributed by atoms with E-state index in [1.54, 1.807) is 24.3 Å². The lowest BCUT2D eigenvalue weighted by atomic mass is 9.77. The van der Waals surface area contributed by atoms with E-state index < -0.39 is 29.5 Å². The van der Waals surface area contributed by atoms with Crippen molar-refractivity contribution in [2.24, 2.45) is 11.7 Å². The molecule has 0 spiro atoms. The predicted octanol–water partition coefficient (Wildman–Crippen LogP) is 5.06. The zero-order chi connectivity index (χ0) is 22.3. The number of nitrogens with zero attached hydrogens (tertiary/aromatic N) is 1. The molecule has 0 unspecified atom stereocenters. The first-order valence-corrected chi connectivity index (χ1v) is 11.2. The average molecular weight is 469 g/mol. The smallest absolute Gasteiger partial charge is 0.248 e. The molecular weight excluding hydrogens is 449 g/mol. The number of benzene rings is 2. The molecule has 1 fully saturated rings. The number of fused-ring (bicyclic) bond motifs is 1. The maximum Gasteiger partial charge on any atom is 0.248 e. The number of hydrogen-bond donors (Lipinski definition) is 1. The van der Waals surface area contributed by atoms with Crippen LogP contribution in [0.5, 0.6) is 0 Å². The van der Waals surface area contributed by atoms with E-state index >= 15 is 0 Å². The number of rotatable bonds is 5. The Labute approximate surface area is 186 Å². The van der Waals surface area contributed by atoms with E-state index in [-0.39, 0.29) is 43.0 Å². The van der Waals surface area contributed by atoms with Gasteiger partial charge in [0.1, 0.15) is 5.82 Å². The fourth-order valence-corrected chi connectivity index (χ4v) is 5.02. The van der Waals surface area contributed by atoms with Crippen LogP contribution in [-0.2, 0) is 11.3 Å². The number of anilines is 1. The Morgan fingerprint density at radius 3 is 2.55 bits per heavy atom. The van der Waals surface area contributed by atoms with Gasteiger partial charge in [-0.1, -0.05) is 23.7 Å². The van der Waals surface area contributed by atoms with Crippen LogP contribution in [-0.4, -0.2) is 29.4 Å². The van der Waals surface area contributed by atoms with E-state index in [2.05, 4.69) is 0 Å². The highest BCUT2D eigenvalue weighted by Crippen LogP contribution is 2.45. The summed E-state index contributed by atoms with van der Waals surface area (Å²) in [6, 6.07) is 8.72. The lowest BCUT2D eigenvalue weighted by Crippen LogP contribution is -2.44. The molecule has 0 radical (unpaired) electrons. The van der Waals surface area contributed by atoms with E-state index in [0.29, 0.717) is 15.6 Å². The fraction of sp³-hybridized carbons (Fsp3) is 0.364. The summed E-state index contributed by atoms with van der Waals surface area (Å²) in [5.74, 6) is -4.55. The third-order valence-electron chi connectivity index (χ3n) is 5.54. The first-order chi connectivity index (χ1) is 14.6. The van der Waals surface area contributed by atoms with Crippen molar-refractivity contribution >= 4 is 40.7 Å². The van der Waals surface area contributed by atoms with Gasteiger partial charge in [-0.15, -0.1) is 11.8 Å². The monoisotopic (exact) mass is 468 g/mol. The van der Waals surface area contributed by atoms with E-state index in [9.17, 15) is 22.8 Å². The van der Waals surface area contributed by atoms with Crippen LogP contribution in [0.4, 0.5) is 18.9 Å². The third-order valence-corrected chi connectivity index (χ3v) is 6.96. The van der Waals surface area contributed by atoms with Crippen LogP contribution in [0.3, 0.4) is 0 Å². The molecule has 0 saturated heterocycles. The van der Waals surface area contributed by atoms with Crippen molar-refractivity contribution in [2.45, 2.75) is 42.7 Å². The highest BCUT2D eigenvalue weighted by atomic mass is 35.5. The summed E-state index contributed by atoms with van der Waals surface area (Å²) in [6.07, 6.45) is -0.878. The number of thioether (sulfide) groups is 1. The van der Waals surface area contributed by atoms with Crippen LogP contribution in [0.1, 0.15) is 35.2 Å². The first-order valence-electron chi connectivity index (χ1n) is 9.82. The lowest BCUT2D eigenvalue weighted by Gasteiger charge is -2.34. The Balaban J connectivity index is 1.66. The van der Waals surface area contributed by atoms with Crippen molar-refractivity contribution in [2.75, 3.05) is 10.7 Å². The quantitative estimate of drug-likeness (QED) is 0.623. The van der Waals surface area contributed by atoms with Crippen LogP contribution in [0.25, 0.3) is 0 Å². The van der Waals surface area contributed by atoms with Gasteiger partial charge in [0.25, 0.3) is 0 Å². The molecule has 1 saturated carbocycles. The fourth-order valence-electron chi connectivity index (χ4n) is 3.89. The van der Waals surface area contributed by atoms with Gasteiger partial charge in [0.15, 0.2) is 5.78 Å². The highest BCUT2D eigenvalue weighted by molar-refractivity contribution is 7.99. The van der Waals surface area contributed by atoms with Crippen LogP contribution in [0.15, 0.2) is 41.3 Å². The molecule has 9 heteroatoms. The standard InChI is InChI=1S/C22H20ClF3N2O2S/c23-14-3-1-12(2-4-14)10-28-18-6-15(19(29)5-13-8-22(25,26)9-13)16(24)7-20(18)31-11-17(27)21(28)30/h1-4,6-7,13,17H,5,8-11,27H2/t17-/m0/s1. The van der Waals surface area contributed by atoms with Crippen molar-refractivity contribution in [1.82, 2.24) is 0 Å². The van der Waals surface area contributed by atoms with Crippen molar-refractivity contribution in [3.8, 4) is 0 Å². The Bertz CT molecular complexity index is 1020. The van der Waals surface area contributed by atoms with Gasteiger partial charge in [0.2, 0.25) is 11.8 Å². The maximum atomic E-state index is 14.7. The molecule has 164 valence electrons. The number of hydrogen-bond acceptors (Lipinski definition) is 4. The van der Waals surface area contributed by atoms with Crippen LogP contribution >= 0.6 is 23.4 Å². The molecule has 2 N–H and O–H groups in total. The first kappa shape index (κ1) is 22.2. The molecule has 1 amide bonds. The summed E-state index contributed by atoms with van der Waals surface area (Å²) < 4.78 is 40.9. The Morgan fingerprint density at radius 2 is 1.90 bits per heavy atom. The molecule has 1 heterocycles. The number of Topliss-reactive ketones (excluding diaryl/α,β-unsaturated/α-hetero) is 1. The lowest BCUT2D eigenvalue weighted by molar-refractivity contribution is -0.119. The zero-order valence-corrected chi connectivity index (χ0v) is 18.0. The van der Waals surface area contributed by atoms with Crippen molar-refractivity contribution in [1.29, 1.82) is 0 Å². The molecule has 1 atom stereocenters. The number of nitrogens with two attached hydrogens (primary N) is 1. The minimum Gasteiger partial charge on any atom is -0.319 e. The number of carbonyl (C=O) groups excluding carboxylic acids is 2. The summed E-state index contributed by atoms with van der Waals surface area (Å²) >= 11 is 7.18. The van der Waals surface area contributed by atoms with Gasteiger partial charge in [-0.3, -0.25) is 9.59 Å². The van der Waals surface area contributed by atoms with Gasteiger partial charge in [-0.05, 0) is 35.7 Å². The predicted molar refractivity (Wildman–Crippen MR) is 114 cm³/mol. The molecule has 1 aliphatic carbocycles. The van der Waals surface area contributed by atoms with E-state index in [4.69, 9.17) is 17.3 Å². The largest absolute Gasteiger partial charge is 0.319 e. The Kier molecular flexibility index (Phi) is 6.07. The number of amides is 1. The van der Waals surface area contributed by atoms with Gasteiger partial charge in [0, 0.05) is 34.9 Å². The zero-order valence-electron chi connectivity index (χ0n) is 16.4. The second-order valence-corrected chi connectivity index (χ2v) is 9.52. The van der Waals surface area contributed by atoms with Crippen LogP contribution < -0.4 is 10.6 Å². The van der Waals surface area contributed by atoms with E-state index in [0.717, 1.165) is 5.56 Å². The molecule has 2 aromatic rings. The molecule has 2 aromatic carbocycles. The Hall–Kier alpha value is -2.03. The van der Waals surface area contributed by atoms with E-state index in [1.165, 1.54) is 28.8 Å². The molecule has 4 nitrogen and oxygen atoms in total. The van der Waals surface area contributed by atoms with Crippen LogP contribution in [0.2, 0.25) is 5.02 Å². The minimum absolute atomic E-state index is 0.150. The summed E-state index contributed by atoms with van der Waals surface area (Å²) in [7, 11) is 0. The van der Waals surface area contributed by atoms with Gasteiger partial charge in [0.05, 0.1) is 23.8 Å². The van der Waals surface area contributed by atoms with Gasteiger partial charge >= 0.3 is 0 Å². The third kappa shape index (κ3) is 4.76. The van der Waals surface area contributed by atoms with Crippen molar-refractivity contribution < 1.29 is 22.8 Å². The normalized spacial score (nSPS) is 20.7. The molecule has 31 heavy (non-hydrogen) atoms. The number of halogens is 4. The maximum absolute atomic E-state index is 14.7. The van der Waals surface area contributed by atoms with E-state index in [1.807, 2.05) is 0 Å². The highest BCUT2D eigenvalue weighted by Gasteiger charge is 2.46. The summed E-state index contributed by atoms with van der Waals surface area (Å²) in [5, 5.41) is 0.551. The topological polar surface area (TPSA) is 63.4 Å². The minimum atomic E-state index is -2.74. The van der Waals surface area contributed by atoms with Gasteiger partial charge in [-0.2, -0.15) is 0 Å².